The van der Waals surface area contributed by atoms with Gasteiger partial charge in [-0.25, -0.2) is 4.98 Å². The number of hydrogen-bond acceptors (Lipinski definition) is 3. The predicted octanol–water partition coefficient (Wildman–Crippen LogP) is 4.33. The van der Waals surface area contributed by atoms with E-state index in [0.717, 1.165) is 23.3 Å². The van der Waals surface area contributed by atoms with E-state index in [1.165, 1.54) is 4.88 Å². The molecular formula is C20H25N3OS. The van der Waals surface area contributed by atoms with Crippen molar-refractivity contribution in [2.75, 3.05) is 0 Å². The monoisotopic (exact) mass is 355 g/mol. The number of aromatic nitrogens is 2. The molecule has 5 heteroatoms. The van der Waals surface area contributed by atoms with Crippen LogP contribution in [0.3, 0.4) is 0 Å². The van der Waals surface area contributed by atoms with Gasteiger partial charge in [-0.3, -0.25) is 4.79 Å². The molecule has 0 radical (unpaired) electrons. The van der Waals surface area contributed by atoms with Gasteiger partial charge in [0.25, 0.3) is 0 Å². The molecule has 2 heterocycles. The highest BCUT2D eigenvalue weighted by molar-refractivity contribution is 7.09. The van der Waals surface area contributed by atoms with Crippen LogP contribution in [-0.4, -0.2) is 32.4 Å². The lowest BCUT2D eigenvalue weighted by atomic mass is 10.2. The van der Waals surface area contributed by atoms with E-state index < -0.39 is 0 Å². The van der Waals surface area contributed by atoms with Crippen molar-refractivity contribution in [2.24, 2.45) is 0 Å². The van der Waals surface area contributed by atoms with Crippen LogP contribution < -0.4 is 0 Å². The third-order valence-electron chi connectivity index (χ3n) is 4.34. The molecule has 3 aromatic rings. The lowest BCUT2D eigenvalue weighted by Gasteiger charge is -2.31. The third-order valence-corrected chi connectivity index (χ3v) is 5.22. The number of imidazole rings is 1. The van der Waals surface area contributed by atoms with E-state index in [1.807, 2.05) is 29.2 Å². The maximum atomic E-state index is 13.0. The Bertz CT molecular complexity index is 841. The highest BCUT2D eigenvalue weighted by atomic mass is 32.1. The van der Waals surface area contributed by atoms with Gasteiger partial charge in [0.1, 0.15) is 12.4 Å². The molecular weight excluding hydrogens is 330 g/mol. The van der Waals surface area contributed by atoms with Crippen LogP contribution in [0.2, 0.25) is 0 Å². The maximum absolute atomic E-state index is 13.0. The number of rotatable bonds is 6. The second-order valence-electron chi connectivity index (χ2n) is 6.85. The number of hydrogen-bond donors (Lipinski definition) is 0. The smallest absolute Gasteiger partial charge is 0.243 e. The van der Waals surface area contributed by atoms with Gasteiger partial charge in [-0.05, 0) is 51.3 Å². The van der Waals surface area contributed by atoms with Crippen molar-refractivity contribution >= 4 is 28.3 Å². The zero-order valence-corrected chi connectivity index (χ0v) is 16.1. The fourth-order valence-electron chi connectivity index (χ4n) is 3.39. The van der Waals surface area contributed by atoms with Crippen molar-refractivity contribution in [2.45, 2.75) is 52.7 Å². The zero-order chi connectivity index (χ0) is 18.0. The molecule has 132 valence electrons. The van der Waals surface area contributed by atoms with Crippen LogP contribution in [0.5, 0.6) is 0 Å². The molecule has 0 bridgehead atoms. The first-order chi connectivity index (χ1) is 12.0. The van der Waals surface area contributed by atoms with Crippen LogP contribution >= 0.6 is 11.3 Å². The number of para-hydroxylation sites is 2. The minimum Gasteiger partial charge on any atom is -0.336 e. The fraction of sp³-hybridized carbons (Fsp3) is 0.400. The first kappa shape index (κ1) is 17.7. The summed E-state index contributed by atoms with van der Waals surface area (Å²) in [6, 6.07) is 12.6. The highest BCUT2D eigenvalue weighted by Gasteiger charge is 2.22. The van der Waals surface area contributed by atoms with Crippen LogP contribution in [0.25, 0.3) is 11.0 Å². The van der Waals surface area contributed by atoms with Crippen LogP contribution in [0.15, 0.2) is 41.8 Å². The number of benzene rings is 1. The molecule has 2 aromatic heterocycles. The lowest BCUT2D eigenvalue weighted by molar-refractivity contribution is -0.135. The summed E-state index contributed by atoms with van der Waals surface area (Å²) in [5.41, 5.74) is 1.97. The number of carbonyl (C=O) groups is 1. The highest BCUT2D eigenvalue weighted by Crippen LogP contribution is 2.21. The number of amides is 1. The summed E-state index contributed by atoms with van der Waals surface area (Å²) in [5, 5.41) is 2.08. The molecule has 1 aromatic carbocycles. The Labute approximate surface area is 153 Å². The standard InChI is InChI=1S/C20H25N3OS/c1-14(2)23(15(3)4)20(24)13-22-18-10-6-5-9-17(18)21-19(22)12-16-8-7-11-25-16/h5-11,14-15H,12-13H2,1-4H3. The van der Waals surface area contributed by atoms with Gasteiger partial charge in [0.2, 0.25) is 5.91 Å². The van der Waals surface area contributed by atoms with Gasteiger partial charge >= 0.3 is 0 Å². The zero-order valence-electron chi connectivity index (χ0n) is 15.3. The first-order valence-corrected chi connectivity index (χ1v) is 9.63. The summed E-state index contributed by atoms with van der Waals surface area (Å²) in [7, 11) is 0. The van der Waals surface area contributed by atoms with E-state index in [1.54, 1.807) is 11.3 Å². The number of fused-ring (bicyclic) bond motifs is 1. The van der Waals surface area contributed by atoms with Gasteiger partial charge in [0.15, 0.2) is 0 Å². The molecule has 25 heavy (non-hydrogen) atoms. The molecule has 0 fully saturated rings. The Morgan fingerprint density at radius 1 is 1.12 bits per heavy atom. The minimum absolute atomic E-state index is 0.139. The molecule has 0 aliphatic heterocycles. The average molecular weight is 356 g/mol. The maximum Gasteiger partial charge on any atom is 0.243 e. The summed E-state index contributed by atoms with van der Waals surface area (Å²) in [6.07, 6.45) is 0.753. The summed E-state index contributed by atoms with van der Waals surface area (Å²) in [5.74, 6) is 1.09. The molecule has 0 aliphatic carbocycles. The Morgan fingerprint density at radius 2 is 1.84 bits per heavy atom. The minimum atomic E-state index is 0.139. The van der Waals surface area contributed by atoms with Crippen LogP contribution in [0, 0.1) is 0 Å². The summed E-state index contributed by atoms with van der Waals surface area (Å²) in [4.78, 5) is 21.0. The second kappa shape index (κ2) is 7.40. The van der Waals surface area contributed by atoms with Crippen molar-refractivity contribution < 1.29 is 4.79 Å². The summed E-state index contributed by atoms with van der Waals surface area (Å²) >= 11 is 1.72. The average Bonchev–Trinajstić information content (AvgIpc) is 3.16. The van der Waals surface area contributed by atoms with Gasteiger partial charge in [-0.2, -0.15) is 0 Å². The second-order valence-corrected chi connectivity index (χ2v) is 7.88. The Kier molecular flexibility index (Phi) is 5.23. The van der Waals surface area contributed by atoms with E-state index in [2.05, 4.69) is 49.8 Å². The van der Waals surface area contributed by atoms with Crippen molar-refractivity contribution in [3.05, 3.63) is 52.5 Å². The van der Waals surface area contributed by atoms with E-state index >= 15 is 0 Å². The van der Waals surface area contributed by atoms with Crippen molar-refractivity contribution in [1.29, 1.82) is 0 Å². The molecule has 4 nitrogen and oxygen atoms in total. The molecule has 0 spiro atoms. The van der Waals surface area contributed by atoms with Gasteiger partial charge in [0.05, 0.1) is 11.0 Å². The first-order valence-electron chi connectivity index (χ1n) is 8.75. The normalized spacial score (nSPS) is 11.6. The molecule has 0 aliphatic rings. The van der Waals surface area contributed by atoms with Gasteiger partial charge in [-0.15, -0.1) is 11.3 Å². The third kappa shape index (κ3) is 3.76. The van der Waals surface area contributed by atoms with Gasteiger partial charge in [-0.1, -0.05) is 18.2 Å². The van der Waals surface area contributed by atoms with E-state index in [0.29, 0.717) is 6.54 Å². The van der Waals surface area contributed by atoms with E-state index in [-0.39, 0.29) is 18.0 Å². The van der Waals surface area contributed by atoms with Gasteiger partial charge < -0.3 is 9.47 Å². The fourth-order valence-corrected chi connectivity index (χ4v) is 4.10. The van der Waals surface area contributed by atoms with E-state index in [9.17, 15) is 4.79 Å². The molecule has 1 amide bonds. The Hall–Kier alpha value is -2.14. The van der Waals surface area contributed by atoms with Crippen molar-refractivity contribution in [3.63, 3.8) is 0 Å². The summed E-state index contributed by atoms with van der Waals surface area (Å²) < 4.78 is 2.08. The van der Waals surface area contributed by atoms with Crippen molar-refractivity contribution in [3.8, 4) is 0 Å². The van der Waals surface area contributed by atoms with Crippen LogP contribution in [-0.2, 0) is 17.8 Å². The van der Waals surface area contributed by atoms with Crippen LogP contribution in [0.1, 0.15) is 38.4 Å². The SMILES string of the molecule is CC(C)N(C(=O)Cn1c(Cc2cccs2)nc2ccccc21)C(C)C. The largest absolute Gasteiger partial charge is 0.336 e. The topological polar surface area (TPSA) is 38.1 Å². The molecule has 0 saturated heterocycles. The molecule has 3 rings (SSSR count). The lowest BCUT2D eigenvalue weighted by Crippen LogP contribution is -2.43. The Balaban J connectivity index is 1.97. The van der Waals surface area contributed by atoms with E-state index in [4.69, 9.17) is 4.98 Å². The Morgan fingerprint density at radius 3 is 2.48 bits per heavy atom. The molecule has 0 atom stereocenters. The number of thiophene rings is 1. The molecule has 0 unspecified atom stereocenters. The number of carbonyl (C=O) groups excluding carboxylic acids is 1. The van der Waals surface area contributed by atoms with Crippen LogP contribution in [0.4, 0.5) is 0 Å². The van der Waals surface area contributed by atoms with Gasteiger partial charge in [0, 0.05) is 23.4 Å². The predicted molar refractivity (Wildman–Crippen MR) is 104 cm³/mol. The van der Waals surface area contributed by atoms with Crippen molar-refractivity contribution in [1.82, 2.24) is 14.5 Å². The summed E-state index contributed by atoms with van der Waals surface area (Å²) in [6.45, 7) is 8.59. The molecule has 0 N–H and O–H groups in total. The number of nitrogens with zero attached hydrogens (tertiary/aromatic N) is 3. The quantitative estimate of drug-likeness (QED) is 0.660. The molecule has 0 saturated carbocycles.